The minimum Gasteiger partial charge on any atom is -0.317 e. The van der Waals surface area contributed by atoms with Gasteiger partial charge in [-0.15, -0.1) is 0 Å². The van der Waals surface area contributed by atoms with Gasteiger partial charge >= 0.3 is 0 Å². The second-order valence-corrected chi connectivity index (χ2v) is 5.23. The summed E-state index contributed by atoms with van der Waals surface area (Å²) in [5.74, 6) is 0. The molecule has 0 amide bonds. The lowest BCUT2D eigenvalue weighted by Gasteiger charge is -2.32. The molecule has 1 unspecified atom stereocenters. The summed E-state index contributed by atoms with van der Waals surface area (Å²) in [7, 11) is 2.28. The molecule has 0 aromatic rings. The first-order valence-corrected chi connectivity index (χ1v) is 7.25. The van der Waals surface area contributed by atoms with E-state index in [1.54, 1.807) is 0 Å². The van der Waals surface area contributed by atoms with Gasteiger partial charge in [-0.05, 0) is 52.4 Å². The van der Waals surface area contributed by atoms with Gasteiger partial charge in [-0.2, -0.15) is 0 Å². The Labute approximate surface area is 102 Å². The van der Waals surface area contributed by atoms with Gasteiger partial charge in [0.25, 0.3) is 0 Å². The van der Waals surface area contributed by atoms with E-state index in [0.717, 1.165) is 6.04 Å². The van der Waals surface area contributed by atoms with Gasteiger partial charge < -0.3 is 10.2 Å². The van der Waals surface area contributed by atoms with Crippen LogP contribution in [-0.4, -0.2) is 37.6 Å². The number of unbranched alkanes of at least 4 members (excludes halogenated alkanes) is 3. The van der Waals surface area contributed by atoms with Gasteiger partial charge in [-0.1, -0.05) is 32.6 Å². The third-order valence-electron chi connectivity index (χ3n) is 3.78. The highest BCUT2D eigenvalue weighted by molar-refractivity contribution is 4.74. The van der Waals surface area contributed by atoms with E-state index in [1.807, 2.05) is 0 Å². The topological polar surface area (TPSA) is 15.3 Å². The largest absolute Gasteiger partial charge is 0.317 e. The van der Waals surface area contributed by atoms with Crippen LogP contribution in [0.15, 0.2) is 0 Å². The molecule has 0 bridgehead atoms. The van der Waals surface area contributed by atoms with Gasteiger partial charge in [0.15, 0.2) is 0 Å². The average Bonchev–Trinajstić information content (AvgIpc) is 2.30. The van der Waals surface area contributed by atoms with Crippen LogP contribution in [0.5, 0.6) is 0 Å². The van der Waals surface area contributed by atoms with Crippen LogP contribution >= 0.6 is 0 Å². The molecule has 2 nitrogen and oxygen atoms in total. The number of piperidine rings is 1. The van der Waals surface area contributed by atoms with E-state index in [9.17, 15) is 0 Å². The molecule has 2 heteroatoms. The molecule has 0 aromatic carbocycles. The first-order chi connectivity index (χ1) is 7.84. The zero-order chi connectivity index (χ0) is 11.6. The van der Waals surface area contributed by atoms with Gasteiger partial charge in [0.05, 0.1) is 0 Å². The predicted molar refractivity (Wildman–Crippen MR) is 71.9 cm³/mol. The van der Waals surface area contributed by atoms with Crippen LogP contribution < -0.4 is 5.32 Å². The highest BCUT2D eigenvalue weighted by atomic mass is 15.1. The summed E-state index contributed by atoms with van der Waals surface area (Å²) < 4.78 is 0. The lowest BCUT2D eigenvalue weighted by molar-refractivity contribution is 0.175. The van der Waals surface area contributed by atoms with Crippen molar-refractivity contribution in [3.8, 4) is 0 Å². The normalized spacial score (nSPS) is 22.5. The number of hydrogen-bond donors (Lipinski definition) is 1. The molecule has 1 N–H and O–H groups in total. The maximum absolute atomic E-state index is 3.59. The molecule has 0 saturated carbocycles. The molecule has 1 fully saturated rings. The van der Waals surface area contributed by atoms with Gasteiger partial charge in [0, 0.05) is 6.04 Å². The molecule has 1 aliphatic rings. The SMILES string of the molecule is CCCCCCNCCC1CCCCN1C. The molecule has 0 spiro atoms. The van der Waals surface area contributed by atoms with Crippen molar-refractivity contribution in [3.05, 3.63) is 0 Å². The summed E-state index contributed by atoms with van der Waals surface area (Å²) >= 11 is 0. The molecular formula is C14H30N2. The highest BCUT2D eigenvalue weighted by Crippen LogP contribution is 2.16. The fraction of sp³-hybridized carbons (Fsp3) is 1.00. The molecule has 1 heterocycles. The second kappa shape index (κ2) is 9.00. The quantitative estimate of drug-likeness (QED) is 0.640. The number of nitrogens with one attached hydrogen (secondary N) is 1. The Bertz CT molecular complexity index is 159. The van der Waals surface area contributed by atoms with Crippen LogP contribution in [0.4, 0.5) is 0 Å². The third kappa shape index (κ3) is 5.86. The zero-order valence-electron chi connectivity index (χ0n) is 11.3. The van der Waals surface area contributed by atoms with Gasteiger partial charge in [-0.25, -0.2) is 0 Å². The van der Waals surface area contributed by atoms with E-state index >= 15 is 0 Å². The van der Waals surface area contributed by atoms with Crippen molar-refractivity contribution in [1.82, 2.24) is 10.2 Å². The number of likely N-dealkylation sites (tertiary alicyclic amines) is 1. The summed E-state index contributed by atoms with van der Waals surface area (Å²) in [6.45, 7) is 6.01. The molecule has 1 saturated heterocycles. The first-order valence-electron chi connectivity index (χ1n) is 7.25. The van der Waals surface area contributed by atoms with E-state index in [0.29, 0.717) is 0 Å². The second-order valence-electron chi connectivity index (χ2n) is 5.23. The molecule has 1 aliphatic heterocycles. The monoisotopic (exact) mass is 226 g/mol. The molecule has 16 heavy (non-hydrogen) atoms. The molecule has 0 aromatic heterocycles. The first kappa shape index (κ1) is 14.0. The van der Waals surface area contributed by atoms with Gasteiger partial charge in [-0.3, -0.25) is 0 Å². The minimum atomic E-state index is 0.844. The van der Waals surface area contributed by atoms with E-state index < -0.39 is 0 Å². The minimum absolute atomic E-state index is 0.844. The molecule has 1 atom stereocenters. The standard InChI is InChI=1S/C14H30N2/c1-3-4-5-7-11-15-12-10-14-9-6-8-13-16(14)2/h14-15H,3-13H2,1-2H3. The lowest BCUT2D eigenvalue weighted by atomic mass is 10.0. The summed E-state index contributed by atoms with van der Waals surface area (Å²) in [5, 5.41) is 3.59. The average molecular weight is 226 g/mol. The summed E-state index contributed by atoms with van der Waals surface area (Å²) in [6.07, 6.45) is 11.1. The Morgan fingerprint density at radius 1 is 1.12 bits per heavy atom. The number of rotatable bonds is 8. The van der Waals surface area contributed by atoms with Crippen molar-refractivity contribution in [3.63, 3.8) is 0 Å². The Morgan fingerprint density at radius 3 is 2.75 bits per heavy atom. The summed E-state index contributed by atoms with van der Waals surface area (Å²) in [6, 6.07) is 0.844. The maximum atomic E-state index is 3.59. The highest BCUT2D eigenvalue weighted by Gasteiger charge is 2.17. The fourth-order valence-corrected chi connectivity index (χ4v) is 2.58. The van der Waals surface area contributed by atoms with Crippen LogP contribution in [0.2, 0.25) is 0 Å². The molecule has 0 aliphatic carbocycles. The van der Waals surface area contributed by atoms with E-state index in [1.165, 1.54) is 71.0 Å². The fourth-order valence-electron chi connectivity index (χ4n) is 2.58. The molecular weight excluding hydrogens is 196 g/mol. The van der Waals surface area contributed by atoms with Gasteiger partial charge in [0.2, 0.25) is 0 Å². The van der Waals surface area contributed by atoms with E-state index in [-0.39, 0.29) is 0 Å². The van der Waals surface area contributed by atoms with Crippen LogP contribution in [0, 0.1) is 0 Å². The Hall–Kier alpha value is -0.0800. The van der Waals surface area contributed by atoms with Crippen LogP contribution in [0.25, 0.3) is 0 Å². The zero-order valence-corrected chi connectivity index (χ0v) is 11.3. The van der Waals surface area contributed by atoms with Crippen molar-refractivity contribution in [1.29, 1.82) is 0 Å². The van der Waals surface area contributed by atoms with Crippen molar-refractivity contribution in [2.45, 2.75) is 64.3 Å². The Morgan fingerprint density at radius 2 is 2.00 bits per heavy atom. The number of nitrogens with zero attached hydrogens (tertiary/aromatic N) is 1. The third-order valence-corrected chi connectivity index (χ3v) is 3.78. The van der Waals surface area contributed by atoms with E-state index in [2.05, 4.69) is 24.2 Å². The van der Waals surface area contributed by atoms with Crippen molar-refractivity contribution < 1.29 is 0 Å². The van der Waals surface area contributed by atoms with Crippen LogP contribution in [-0.2, 0) is 0 Å². The summed E-state index contributed by atoms with van der Waals surface area (Å²) in [5.41, 5.74) is 0. The summed E-state index contributed by atoms with van der Waals surface area (Å²) in [4.78, 5) is 2.54. The van der Waals surface area contributed by atoms with Gasteiger partial charge in [0.1, 0.15) is 0 Å². The van der Waals surface area contributed by atoms with Crippen LogP contribution in [0.3, 0.4) is 0 Å². The van der Waals surface area contributed by atoms with Crippen molar-refractivity contribution in [2.75, 3.05) is 26.7 Å². The molecule has 96 valence electrons. The molecule has 1 rings (SSSR count). The van der Waals surface area contributed by atoms with Crippen molar-refractivity contribution in [2.24, 2.45) is 0 Å². The van der Waals surface area contributed by atoms with Crippen LogP contribution in [0.1, 0.15) is 58.3 Å². The van der Waals surface area contributed by atoms with E-state index in [4.69, 9.17) is 0 Å². The maximum Gasteiger partial charge on any atom is 0.0104 e. The smallest absolute Gasteiger partial charge is 0.0104 e. The number of hydrogen-bond acceptors (Lipinski definition) is 2. The Balaban J connectivity index is 1.90. The molecule has 0 radical (unpaired) electrons. The lowest BCUT2D eigenvalue weighted by Crippen LogP contribution is -2.38. The Kier molecular flexibility index (Phi) is 7.87. The predicted octanol–water partition coefficient (Wildman–Crippen LogP) is 3.03. The van der Waals surface area contributed by atoms with Crippen molar-refractivity contribution >= 4 is 0 Å².